The first kappa shape index (κ1) is 24.2. The van der Waals surface area contributed by atoms with Gasteiger partial charge >= 0.3 is 0 Å². The minimum absolute atomic E-state index is 0.0113. The third-order valence-electron chi connectivity index (χ3n) is 5.70. The van der Waals surface area contributed by atoms with Crippen LogP contribution < -0.4 is 0 Å². The molecule has 0 unspecified atom stereocenters. The molecule has 0 amide bonds. The molecule has 0 heterocycles. The van der Waals surface area contributed by atoms with Crippen molar-refractivity contribution in [2.75, 3.05) is 13.2 Å². The van der Waals surface area contributed by atoms with Crippen molar-refractivity contribution in [3.8, 4) is 11.5 Å². The smallest absolute Gasteiger partial charge is 0.122 e. The van der Waals surface area contributed by atoms with Gasteiger partial charge in [-0.3, -0.25) is 4.90 Å². The monoisotopic (exact) mass is 413 g/mol. The van der Waals surface area contributed by atoms with E-state index in [0.29, 0.717) is 31.1 Å². The summed E-state index contributed by atoms with van der Waals surface area (Å²) in [5, 5.41) is 31.0. The van der Waals surface area contributed by atoms with E-state index in [0.717, 1.165) is 22.3 Å². The number of aromatic hydroxyl groups is 2. The van der Waals surface area contributed by atoms with E-state index >= 15 is 0 Å². The Kier molecular flexibility index (Phi) is 7.26. The molecule has 0 saturated heterocycles. The van der Waals surface area contributed by atoms with Gasteiger partial charge in [-0.2, -0.15) is 0 Å². The summed E-state index contributed by atoms with van der Waals surface area (Å²) < 4.78 is 0. The minimum Gasteiger partial charge on any atom is -0.507 e. The standard InChI is InChI=1S/C26H39NO3/c1-17-11-21(25(3,4)5)13-19(23(17)29)15-27(9-10-28)16-20-14-22(26(6,7)8)12-18(2)24(20)30/h11-14,28-30H,9-10,15-16H2,1-8H3. The normalized spacial score (nSPS) is 12.6. The van der Waals surface area contributed by atoms with Crippen molar-refractivity contribution in [2.24, 2.45) is 0 Å². The van der Waals surface area contributed by atoms with Gasteiger partial charge in [0.05, 0.1) is 6.61 Å². The summed E-state index contributed by atoms with van der Waals surface area (Å²) in [6, 6.07) is 8.20. The molecule has 0 aliphatic rings. The Labute approximate surface area is 182 Å². The lowest BCUT2D eigenvalue weighted by atomic mass is 9.84. The van der Waals surface area contributed by atoms with Crippen molar-refractivity contribution in [3.05, 3.63) is 57.6 Å². The average molecular weight is 414 g/mol. The third-order valence-corrected chi connectivity index (χ3v) is 5.70. The van der Waals surface area contributed by atoms with Crippen molar-refractivity contribution in [2.45, 2.75) is 79.3 Å². The Morgan fingerprint density at radius 3 is 1.37 bits per heavy atom. The Hall–Kier alpha value is -2.04. The zero-order valence-electron chi connectivity index (χ0n) is 19.9. The minimum atomic E-state index is -0.0224. The lowest BCUT2D eigenvalue weighted by Crippen LogP contribution is -2.27. The number of nitrogens with zero attached hydrogens (tertiary/aromatic N) is 1. The Bertz CT molecular complexity index is 817. The highest BCUT2D eigenvalue weighted by Crippen LogP contribution is 2.34. The van der Waals surface area contributed by atoms with Gasteiger partial charge in [0, 0.05) is 30.8 Å². The molecule has 4 nitrogen and oxygen atoms in total. The number of phenols is 2. The summed E-state index contributed by atoms with van der Waals surface area (Å²) in [6.45, 7) is 18.3. The fourth-order valence-electron chi connectivity index (χ4n) is 3.65. The molecule has 0 spiro atoms. The van der Waals surface area contributed by atoms with E-state index in [4.69, 9.17) is 0 Å². The van der Waals surface area contributed by atoms with Crippen LogP contribution in [0.15, 0.2) is 24.3 Å². The van der Waals surface area contributed by atoms with Crippen LogP contribution in [0.2, 0.25) is 0 Å². The van der Waals surface area contributed by atoms with Gasteiger partial charge in [0.15, 0.2) is 0 Å². The SMILES string of the molecule is Cc1cc(C(C)(C)C)cc(CN(CCO)Cc2cc(C(C)(C)C)cc(C)c2O)c1O. The lowest BCUT2D eigenvalue weighted by molar-refractivity contribution is 0.181. The van der Waals surface area contributed by atoms with E-state index in [1.807, 2.05) is 26.0 Å². The van der Waals surface area contributed by atoms with Crippen LogP contribution in [0.5, 0.6) is 11.5 Å². The second-order valence-electron chi connectivity index (χ2n) is 10.5. The van der Waals surface area contributed by atoms with Gasteiger partial charge in [-0.25, -0.2) is 0 Å². The number of benzene rings is 2. The molecule has 0 radical (unpaired) electrons. The molecule has 166 valence electrons. The molecule has 4 heteroatoms. The third kappa shape index (κ3) is 5.77. The molecule has 3 N–H and O–H groups in total. The van der Waals surface area contributed by atoms with Crippen LogP contribution in [-0.4, -0.2) is 33.4 Å². The summed E-state index contributed by atoms with van der Waals surface area (Å²) in [5.74, 6) is 0.601. The highest BCUT2D eigenvalue weighted by Gasteiger charge is 2.21. The fraction of sp³-hybridized carbons (Fsp3) is 0.538. The number of hydrogen-bond acceptors (Lipinski definition) is 4. The first-order valence-electron chi connectivity index (χ1n) is 10.7. The molecule has 0 aliphatic carbocycles. The Morgan fingerprint density at radius 1 is 0.700 bits per heavy atom. The van der Waals surface area contributed by atoms with Crippen LogP contribution in [0.3, 0.4) is 0 Å². The zero-order chi connectivity index (χ0) is 22.9. The second kappa shape index (κ2) is 8.99. The van der Waals surface area contributed by atoms with E-state index in [1.54, 1.807) is 0 Å². The Balaban J connectivity index is 2.41. The van der Waals surface area contributed by atoms with Gasteiger partial charge in [0.1, 0.15) is 11.5 Å². The zero-order valence-corrected chi connectivity index (χ0v) is 19.9. The van der Waals surface area contributed by atoms with Crippen molar-refractivity contribution in [1.29, 1.82) is 0 Å². The van der Waals surface area contributed by atoms with E-state index in [1.165, 1.54) is 11.1 Å². The predicted molar refractivity (Wildman–Crippen MR) is 124 cm³/mol. The van der Waals surface area contributed by atoms with Crippen molar-refractivity contribution < 1.29 is 15.3 Å². The first-order valence-corrected chi connectivity index (χ1v) is 10.7. The molecule has 0 bridgehead atoms. The summed E-state index contributed by atoms with van der Waals surface area (Å²) in [7, 11) is 0. The maximum Gasteiger partial charge on any atom is 0.122 e. The number of phenolic OH excluding ortho intramolecular Hbond substituents is 2. The number of aliphatic hydroxyl groups excluding tert-OH is 1. The van der Waals surface area contributed by atoms with Crippen LogP contribution in [0, 0.1) is 13.8 Å². The molecule has 2 aromatic rings. The quantitative estimate of drug-likeness (QED) is 0.601. The molecule has 0 aliphatic heterocycles. The van der Waals surface area contributed by atoms with Crippen LogP contribution in [0.1, 0.15) is 74.9 Å². The second-order valence-corrected chi connectivity index (χ2v) is 10.5. The topological polar surface area (TPSA) is 63.9 Å². The Morgan fingerprint density at radius 2 is 1.07 bits per heavy atom. The number of aryl methyl sites for hydroxylation is 2. The van der Waals surface area contributed by atoms with Gasteiger partial charge < -0.3 is 15.3 Å². The van der Waals surface area contributed by atoms with Gasteiger partial charge in [0.2, 0.25) is 0 Å². The number of rotatable bonds is 6. The lowest BCUT2D eigenvalue weighted by Gasteiger charge is -2.27. The van der Waals surface area contributed by atoms with Crippen LogP contribution >= 0.6 is 0 Å². The van der Waals surface area contributed by atoms with Gasteiger partial charge in [-0.15, -0.1) is 0 Å². The van der Waals surface area contributed by atoms with Crippen LogP contribution in [0.25, 0.3) is 0 Å². The maximum atomic E-state index is 10.7. The molecule has 0 atom stereocenters. The molecule has 0 aromatic heterocycles. The molecular weight excluding hydrogens is 374 g/mol. The van der Waals surface area contributed by atoms with Gasteiger partial charge in [-0.1, -0.05) is 65.8 Å². The molecule has 0 fully saturated rings. The van der Waals surface area contributed by atoms with E-state index in [9.17, 15) is 15.3 Å². The molecular formula is C26H39NO3. The van der Waals surface area contributed by atoms with Gasteiger partial charge in [-0.05, 0) is 46.9 Å². The highest BCUT2D eigenvalue weighted by molar-refractivity contribution is 5.46. The van der Waals surface area contributed by atoms with Gasteiger partial charge in [0.25, 0.3) is 0 Å². The van der Waals surface area contributed by atoms with Crippen molar-refractivity contribution in [1.82, 2.24) is 4.90 Å². The first-order chi connectivity index (χ1) is 13.7. The molecule has 2 aromatic carbocycles. The highest BCUT2D eigenvalue weighted by atomic mass is 16.3. The molecule has 2 rings (SSSR count). The van der Waals surface area contributed by atoms with E-state index in [2.05, 4.69) is 58.6 Å². The molecule has 30 heavy (non-hydrogen) atoms. The predicted octanol–water partition coefficient (Wildman–Crippen LogP) is 5.30. The summed E-state index contributed by atoms with van der Waals surface area (Å²) in [5.41, 5.74) is 5.70. The number of aliphatic hydroxyl groups is 1. The summed E-state index contributed by atoms with van der Waals surface area (Å²) in [4.78, 5) is 2.07. The maximum absolute atomic E-state index is 10.7. The summed E-state index contributed by atoms with van der Waals surface area (Å²) >= 11 is 0. The van der Waals surface area contributed by atoms with E-state index in [-0.39, 0.29) is 17.4 Å². The molecule has 0 saturated carbocycles. The number of hydrogen-bond donors (Lipinski definition) is 3. The van der Waals surface area contributed by atoms with E-state index < -0.39 is 0 Å². The van der Waals surface area contributed by atoms with Crippen LogP contribution in [0.4, 0.5) is 0 Å². The van der Waals surface area contributed by atoms with Crippen molar-refractivity contribution in [3.63, 3.8) is 0 Å². The summed E-state index contributed by atoms with van der Waals surface area (Å²) in [6.07, 6.45) is 0. The van der Waals surface area contributed by atoms with Crippen LogP contribution in [-0.2, 0) is 23.9 Å². The average Bonchev–Trinajstić information content (AvgIpc) is 2.60. The largest absolute Gasteiger partial charge is 0.507 e. The fourth-order valence-corrected chi connectivity index (χ4v) is 3.65. The van der Waals surface area contributed by atoms with Crippen molar-refractivity contribution >= 4 is 0 Å².